The molecule has 178 valence electrons. The fraction of sp³-hybridized carbons (Fsp3) is 0.407. The van der Waals surface area contributed by atoms with Crippen LogP contribution >= 0.6 is 11.8 Å². The summed E-state index contributed by atoms with van der Waals surface area (Å²) >= 11 is 1.56. The van der Waals surface area contributed by atoms with Gasteiger partial charge in [-0.1, -0.05) is 67.9 Å². The van der Waals surface area contributed by atoms with Gasteiger partial charge in [0.15, 0.2) is 5.69 Å². The van der Waals surface area contributed by atoms with Crippen molar-refractivity contribution in [1.29, 1.82) is 0 Å². The van der Waals surface area contributed by atoms with E-state index in [1.807, 2.05) is 38.1 Å². The van der Waals surface area contributed by atoms with Crippen molar-refractivity contribution in [3.8, 4) is 17.1 Å². The van der Waals surface area contributed by atoms with Gasteiger partial charge >= 0.3 is 0 Å². The van der Waals surface area contributed by atoms with Gasteiger partial charge in [0.25, 0.3) is 0 Å². The summed E-state index contributed by atoms with van der Waals surface area (Å²) in [6.07, 6.45) is 0.516. The van der Waals surface area contributed by atoms with E-state index in [1.165, 1.54) is 0 Å². The van der Waals surface area contributed by atoms with Crippen LogP contribution in [0.1, 0.15) is 62.1 Å². The van der Waals surface area contributed by atoms with Gasteiger partial charge in [0.05, 0.1) is 5.69 Å². The first-order valence-electron chi connectivity index (χ1n) is 11.8. The number of aromatic nitrogens is 3. The number of nitrogens with zero attached hydrogens (tertiary/aromatic N) is 4. The van der Waals surface area contributed by atoms with Crippen molar-refractivity contribution in [3.63, 3.8) is 0 Å². The molecule has 2 aromatic carbocycles. The Hall–Kier alpha value is -2.93. The molecule has 3 aromatic rings. The summed E-state index contributed by atoms with van der Waals surface area (Å²) < 4.78 is 6.59. The van der Waals surface area contributed by atoms with Gasteiger partial charge in [0.1, 0.15) is 0 Å². The van der Waals surface area contributed by atoms with Gasteiger partial charge in [-0.2, -0.15) is 4.98 Å². The molecule has 0 bridgehead atoms. The first-order chi connectivity index (χ1) is 16.3. The monoisotopic (exact) mass is 476 g/mol. The lowest BCUT2D eigenvalue weighted by Gasteiger charge is -2.32. The fourth-order valence-corrected chi connectivity index (χ4v) is 4.82. The Morgan fingerprint density at radius 2 is 1.82 bits per heavy atom. The average molecular weight is 477 g/mol. The van der Waals surface area contributed by atoms with E-state index >= 15 is 0 Å². The maximum Gasteiger partial charge on any atom is 0.247 e. The molecule has 0 spiro atoms. The molecule has 0 fully saturated rings. The highest BCUT2D eigenvalue weighted by Gasteiger charge is 2.36. The van der Waals surface area contributed by atoms with Crippen LogP contribution in [0.3, 0.4) is 0 Å². The highest BCUT2D eigenvalue weighted by molar-refractivity contribution is 7.99. The SMILES string of the molecule is CCCC(=O)N1c2ccc(C)cc2-c2nnc(SCC(C)C)nc2O[C@H]1c1ccc(C)cc1C. The third-order valence-corrected chi connectivity index (χ3v) is 6.99. The lowest BCUT2D eigenvalue weighted by molar-refractivity contribution is -0.120. The molecule has 1 amide bonds. The molecule has 7 heteroatoms. The van der Waals surface area contributed by atoms with E-state index in [9.17, 15) is 4.79 Å². The number of rotatable bonds is 6. The van der Waals surface area contributed by atoms with Crippen molar-refractivity contribution in [1.82, 2.24) is 15.2 Å². The minimum absolute atomic E-state index is 0.00718. The van der Waals surface area contributed by atoms with Crippen LogP contribution in [-0.4, -0.2) is 26.8 Å². The Morgan fingerprint density at radius 3 is 2.53 bits per heavy atom. The van der Waals surface area contributed by atoms with Gasteiger partial charge in [-0.05, 0) is 50.8 Å². The summed E-state index contributed by atoms with van der Waals surface area (Å²) in [7, 11) is 0. The molecule has 0 N–H and O–H groups in total. The standard InChI is InChI=1S/C27H32N4O2S/c1-7-8-23(32)31-22-12-10-18(5)14-21(22)24-25(28-27(30-29-24)34-15-16(2)3)33-26(31)20-11-9-17(4)13-19(20)6/h9-14,16,26H,7-8,15H2,1-6H3/t26-/m0/s1. The first kappa shape index (κ1) is 24.2. The predicted octanol–water partition coefficient (Wildman–Crippen LogP) is 6.44. The molecule has 34 heavy (non-hydrogen) atoms. The first-order valence-corrected chi connectivity index (χ1v) is 12.8. The molecule has 6 nitrogen and oxygen atoms in total. The van der Waals surface area contributed by atoms with E-state index in [-0.39, 0.29) is 5.91 Å². The Bertz CT molecular complexity index is 1210. The molecule has 0 saturated heterocycles. The largest absolute Gasteiger partial charge is 0.447 e. The second-order valence-corrected chi connectivity index (χ2v) is 10.3. The molecular weight excluding hydrogens is 444 g/mol. The topological polar surface area (TPSA) is 68.2 Å². The number of ether oxygens (including phenoxy) is 1. The maximum atomic E-state index is 13.5. The maximum absolute atomic E-state index is 13.5. The summed E-state index contributed by atoms with van der Waals surface area (Å²) in [4.78, 5) is 20.1. The number of fused-ring (bicyclic) bond motifs is 3. The summed E-state index contributed by atoms with van der Waals surface area (Å²) in [5.41, 5.74) is 6.37. The number of aryl methyl sites for hydroxylation is 3. The minimum Gasteiger partial charge on any atom is -0.447 e. The molecule has 1 aliphatic heterocycles. The van der Waals surface area contributed by atoms with E-state index < -0.39 is 6.23 Å². The normalized spacial score (nSPS) is 14.9. The van der Waals surface area contributed by atoms with Gasteiger partial charge in [-0.3, -0.25) is 9.69 Å². The molecule has 2 heterocycles. The summed E-state index contributed by atoms with van der Waals surface area (Å²) in [5, 5.41) is 9.51. The van der Waals surface area contributed by atoms with Crippen LogP contribution in [0.5, 0.6) is 5.88 Å². The molecule has 0 radical (unpaired) electrons. The highest BCUT2D eigenvalue weighted by atomic mass is 32.2. The zero-order valence-electron chi connectivity index (χ0n) is 20.8. The van der Waals surface area contributed by atoms with Crippen LogP contribution in [-0.2, 0) is 4.79 Å². The molecule has 1 atom stereocenters. The number of hydrogen-bond donors (Lipinski definition) is 0. The quantitative estimate of drug-likeness (QED) is 0.382. The second kappa shape index (κ2) is 10.1. The zero-order chi connectivity index (χ0) is 24.4. The average Bonchev–Trinajstić information content (AvgIpc) is 2.92. The van der Waals surface area contributed by atoms with E-state index in [1.54, 1.807) is 16.7 Å². The number of hydrogen-bond acceptors (Lipinski definition) is 6. The van der Waals surface area contributed by atoms with Gasteiger partial charge < -0.3 is 4.74 Å². The predicted molar refractivity (Wildman–Crippen MR) is 137 cm³/mol. The van der Waals surface area contributed by atoms with Gasteiger partial charge in [-0.25, -0.2) is 0 Å². The Balaban J connectivity index is 1.93. The minimum atomic E-state index is -0.651. The zero-order valence-corrected chi connectivity index (χ0v) is 21.6. The lowest BCUT2D eigenvalue weighted by Crippen LogP contribution is -2.38. The number of anilines is 1. The van der Waals surface area contributed by atoms with Gasteiger partial charge in [0.2, 0.25) is 23.2 Å². The van der Waals surface area contributed by atoms with Crippen LogP contribution in [0.2, 0.25) is 0 Å². The number of amides is 1. The number of carbonyl (C=O) groups is 1. The van der Waals surface area contributed by atoms with Gasteiger partial charge in [-0.15, -0.1) is 10.2 Å². The van der Waals surface area contributed by atoms with E-state index in [2.05, 4.69) is 50.0 Å². The van der Waals surface area contributed by atoms with Crippen molar-refractivity contribution in [2.75, 3.05) is 10.7 Å². The molecular formula is C27H32N4O2S. The molecule has 0 aliphatic carbocycles. The molecule has 1 aliphatic rings. The third-order valence-electron chi connectivity index (χ3n) is 5.73. The van der Waals surface area contributed by atoms with Crippen LogP contribution in [0.15, 0.2) is 41.6 Å². The lowest BCUT2D eigenvalue weighted by atomic mass is 10.0. The number of thioether (sulfide) groups is 1. The third kappa shape index (κ3) is 4.94. The van der Waals surface area contributed by atoms with Crippen molar-refractivity contribution in [2.24, 2.45) is 5.92 Å². The Kier molecular flexibility index (Phi) is 7.22. The summed E-state index contributed by atoms with van der Waals surface area (Å²) in [6.45, 7) is 12.5. The summed E-state index contributed by atoms with van der Waals surface area (Å²) in [5.74, 6) is 1.80. The smallest absolute Gasteiger partial charge is 0.247 e. The molecule has 1 aromatic heterocycles. The molecule has 0 saturated carbocycles. The molecule has 4 rings (SSSR count). The molecule has 0 unspecified atom stereocenters. The van der Waals surface area contributed by atoms with Crippen LogP contribution in [0.4, 0.5) is 5.69 Å². The highest BCUT2D eigenvalue weighted by Crippen LogP contribution is 2.44. The second-order valence-electron chi connectivity index (χ2n) is 9.32. The Labute approximate surface area is 206 Å². The Morgan fingerprint density at radius 1 is 1.09 bits per heavy atom. The van der Waals surface area contributed by atoms with Crippen molar-refractivity contribution >= 4 is 23.4 Å². The van der Waals surface area contributed by atoms with Gasteiger partial charge in [0, 0.05) is 23.3 Å². The number of carbonyl (C=O) groups excluding carboxylic acids is 1. The van der Waals surface area contributed by atoms with Crippen LogP contribution < -0.4 is 9.64 Å². The summed E-state index contributed by atoms with van der Waals surface area (Å²) in [6, 6.07) is 12.2. The van der Waals surface area contributed by atoms with Crippen molar-refractivity contribution < 1.29 is 9.53 Å². The number of benzene rings is 2. The van der Waals surface area contributed by atoms with Crippen LogP contribution in [0, 0.1) is 26.7 Å². The van der Waals surface area contributed by atoms with E-state index in [0.717, 1.165) is 45.7 Å². The van der Waals surface area contributed by atoms with Crippen molar-refractivity contribution in [2.45, 2.75) is 65.8 Å². The van der Waals surface area contributed by atoms with E-state index in [0.29, 0.717) is 29.1 Å². The van der Waals surface area contributed by atoms with Crippen LogP contribution in [0.25, 0.3) is 11.3 Å². The van der Waals surface area contributed by atoms with E-state index in [4.69, 9.17) is 9.72 Å². The fourth-order valence-electron chi connectivity index (χ4n) is 4.09. The van der Waals surface area contributed by atoms with Crippen molar-refractivity contribution in [3.05, 3.63) is 58.7 Å².